The number of nitrogens with zero attached hydrogens (tertiary/aromatic N) is 2. The summed E-state index contributed by atoms with van der Waals surface area (Å²) in [4.78, 5) is 29.5. The normalized spacial score (nSPS) is 16.2. The van der Waals surface area contributed by atoms with E-state index >= 15 is 0 Å². The summed E-state index contributed by atoms with van der Waals surface area (Å²) < 4.78 is 0. The molecule has 2 aliphatic heterocycles. The van der Waals surface area contributed by atoms with Gasteiger partial charge in [0, 0.05) is 45.9 Å². The molecule has 0 bridgehead atoms. The molecular weight excluding hydrogens is 395 g/mol. The molecule has 0 fully saturated rings. The molecule has 6 heteroatoms. The number of halogens is 2. The molecule has 2 aliphatic rings. The van der Waals surface area contributed by atoms with Gasteiger partial charge in [0.25, 0.3) is 11.8 Å². The van der Waals surface area contributed by atoms with Gasteiger partial charge in [-0.2, -0.15) is 0 Å². The number of amides is 2. The van der Waals surface area contributed by atoms with Crippen molar-refractivity contribution in [3.05, 3.63) is 68.2 Å². The fraction of sp³-hybridized carbons (Fsp3) is 0.364. The third kappa shape index (κ3) is 2.82. The summed E-state index contributed by atoms with van der Waals surface area (Å²) in [5.41, 5.74) is 3.31. The highest BCUT2D eigenvalue weighted by Gasteiger charge is 2.40. The minimum atomic E-state index is -0.632. The first-order valence-corrected chi connectivity index (χ1v) is 10.1. The highest BCUT2D eigenvalue weighted by atomic mass is 35.5. The molecule has 0 spiro atoms. The maximum Gasteiger partial charge on any atom is 0.255 e. The lowest BCUT2D eigenvalue weighted by molar-refractivity contribution is 0.0568. The van der Waals surface area contributed by atoms with Crippen LogP contribution in [0.4, 0.5) is 0 Å². The smallest absolute Gasteiger partial charge is 0.255 e. The summed E-state index contributed by atoms with van der Waals surface area (Å²) in [6.07, 6.45) is 0. The van der Waals surface area contributed by atoms with E-state index in [9.17, 15) is 9.59 Å². The van der Waals surface area contributed by atoms with E-state index < -0.39 is 5.54 Å². The zero-order valence-corrected chi connectivity index (χ0v) is 17.9. The molecule has 2 heterocycles. The van der Waals surface area contributed by atoms with Gasteiger partial charge >= 0.3 is 0 Å². The van der Waals surface area contributed by atoms with Crippen molar-refractivity contribution in [2.75, 3.05) is 0 Å². The predicted molar refractivity (Wildman–Crippen MR) is 111 cm³/mol. The van der Waals surface area contributed by atoms with E-state index in [1.165, 1.54) is 0 Å². The average Bonchev–Trinajstić information content (AvgIpc) is 3.14. The standard InChI is InChI=1S/C22H22Cl2N2O2/c1-12(2)25-11-18-17(20(25)27)7-14(8-19(18)24)22(3,4)26-10-13-5-6-15(23)9-16(13)21(26)28/h5-9,12H,10-11H2,1-4H3. The van der Waals surface area contributed by atoms with E-state index in [0.29, 0.717) is 34.3 Å². The lowest BCUT2D eigenvalue weighted by atomic mass is 9.89. The van der Waals surface area contributed by atoms with Crippen LogP contribution in [0.5, 0.6) is 0 Å². The van der Waals surface area contributed by atoms with E-state index in [-0.39, 0.29) is 17.9 Å². The Hall–Kier alpha value is -2.04. The molecule has 28 heavy (non-hydrogen) atoms. The first-order chi connectivity index (χ1) is 13.1. The fourth-order valence-electron chi connectivity index (χ4n) is 4.04. The zero-order valence-electron chi connectivity index (χ0n) is 16.3. The molecule has 0 unspecified atom stereocenters. The Morgan fingerprint density at radius 1 is 0.964 bits per heavy atom. The van der Waals surface area contributed by atoms with Crippen LogP contribution < -0.4 is 0 Å². The predicted octanol–water partition coefficient (Wildman–Crippen LogP) is 5.25. The molecule has 4 nitrogen and oxygen atoms in total. The van der Waals surface area contributed by atoms with E-state index in [0.717, 1.165) is 16.7 Å². The van der Waals surface area contributed by atoms with Crippen molar-refractivity contribution in [2.24, 2.45) is 0 Å². The van der Waals surface area contributed by atoms with Crippen molar-refractivity contribution in [3.8, 4) is 0 Å². The van der Waals surface area contributed by atoms with Crippen molar-refractivity contribution in [1.82, 2.24) is 9.80 Å². The molecule has 0 radical (unpaired) electrons. The molecule has 0 saturated heterocycles. The summed E-state index contributed by atoms with van der Waals surface area (Å²) in [6.45, 7) is 8.98. The summed E-state index contributed by atoms with van der Waals surface area (Å²) in [5, 5.41) is 1.12. The number of rotatable bonds is 3. The topological polar surface area (TPSA) is 40.6 Å². The van der Waals surface area contributed by atoms with Crippen LogP contribution in [0, 0.1) is 0 Å². The van der Waals surface area contributed by atoms with Crippen LogP contribution in [0.2, 0.25) is 10.0 Å². The van der Waals surface area contributed by atoms with Crippen LogP contribution in [-0.4, -0.2) is 27.7 Å². The van der Waals surface area contributed by atoms with Gasteiger partial charge < -0.3 is 9.80 Å². The quantitative estimate of drug-likeness (QED) is 0.685. The lowest BCUT2D eigenvalue weighted by Gasteiger charge is -2.36. The molecule has 2 amide bonds. The molecule has 2 aromatic rings. The number of hydrogen-bond acceptors (Lipinski definition) is 2. The number of fused-ring (bicyclic) bond motifs is 2. The monoisotopic (exact) mass is 416 g/mol. The molecule has 0 N–H and O–H groups in total. The number of carbonyl (C=O) groups is 2. The summed E-state index contributed by atoms with van der Waals surface area (Å²) in [6, 6.07) is 9.30. The van der Waals surface area contributed by atoms with Crippen LogP contribution in [0.3, 0.4) is 0 Å². The third-order valence-corrected chi connectivity index (χ3v) is 6.47. The molecule has 0 aliphatic carbocycles. The van der Waals surface area contributed by atoms with Gasteiger partial charge in [-0.3, -0.25) is 9.59 Å². The van der Waals surface area contributed by atoms with Crippen LogP contribution in [-0.2, 0) is 18.6 Å². The van der Waals surface area contributed by atoms with Gasteiger partial charge in [0.05, 0.1) is 5.54 Å². The second kappa shape index (κ2) is 6.50. The van der Waals surface area contributed by atoms with Crippen LogP contribution in [0.25, 0.3) is 0 Å². The average molecular weight is 417 g/mol. The van der Waals surface area contributed by atoms with Crippen molar-refractivity contribution >= 4 is 35.0 Å². The first kappa shape index (κ1) is 19.3. The van der Waals surface area contributed by atoms with Crippen LogP contribution >= 0.6 is 23.2 Å². The SMILES string of the molecule is CC(C)N1Cc2c(Cl)cc(C(C)(C)N3Cc4ccc(Cl)cc4C3=O)cc2C1=O. The number of hydrogen-bond donors (Lipinski definition) is 0. The Balaban J connectivity index is 1.73. The van der Waals surface area contributed by atoms with Gasteiger partial charge in [0.2, 0.25) is 0 Å². The van der Waals surface area contributed by atoms with Crippen molar-refractivity contribution < 1.29 is 9.59 Å². The Kier molecular flexibility index (Phi) is 4.48. The molecule has 146 valence electrons. The molecule has 2 aromatic carbocycles. The van der Waals surface area contributed by atoms with Gasteiger partial charge in [-0.15, -0.1) is 0 Å². The molecule has 4 rings (SSSR count). The van der Waals surface area contributed by atoms with Gasteiger partial charge in [-0.05, 0) is 63.1 Å². The largest absolute Gasteiger partial charge is 0.332 e. The van der Waals surface area contributed by atoms with Crippen molar-refractivity contribution in [1.29, 1.82) is 0 Å². The first-order valence-electron chi connectivity index (χ1n) is 9.35. The maximum atomic E-state index is 13.1. The minimum absolute atomic E-state index is 0.00707. The molecule has 0 aromatic heterocycles. The Morgan fingerprint density at radius 2 is 1.68 bits per heavy atom. The fourth-order valence-corrected chi connectivity index (χ4v) is 4.49. The van der Waals surface area contributed by atoms with Crippen LogP contribution in [0.1, 0.15) is 65.1 Å². The second-order valence-corrected chi connectivity index (χ2v) is 9.11. The Bertz CT molecular complexity index is 1010. The molecule has 0 atom stereocenters. The Morgan fingerprint density at radius 3 is 2.36 bits per heavy atom. The lowest BCUT2D eigenvalue weighted by Crippen LogP contribution is -2.41. The van der Waals surface area contributed by atoms with Crippen molar-refractivity contribution in [3.63, 3.8) is 0 Å². The molecule has 0 saturated carbocycles. The van der Waals surface area contributed by atoms with Gasteiger partial charge in [0.1, 0.15) is 0 Å². The van der Waals surface area contributed by atoms with E-state index in [1.807, 2.05) is 55.7 Å². The number of carbonyl (C=O) groups excluding carboxylic acids is 2. The third-order valence-electron chi connectivity index (χ3n) is 5.90. The summed E-state index contributed by atoms with van der Waals surface area (Å²) >= 11 is 12.6. The highest BCUT2D eigenvalue weighted by molar-refractivity contribution is 6.32. The van der Waals surface area contributed by atoms with Crippen LogP contribution in [0.15, 0.2) is 30.3 Å². The van der Waals surface area contributed by atoms with Gasteiger partial charge in [0.15, 0.2) is 0 Å². The summed E-state index contributed by atoms with van der Waals surface area (Å²) in [7, 11) is 0. The van der Waals surface area contributed by atoms with E-state index in [4.69, 9.17) is 23.2 Å². The highest BCUT2D eigenvalue weighted by Crippen LogP contribution is 2.40. The van der Waals surface area contributed by atoms with Gasteiger partial charge in [-0.25, -0.2) is 0 Å². The minimum Gasteiger partial charge on any atom is -0.332 e. The van der Waals surface area contributed by atoms with Crippen molar-refractivity contribution in [2.45, 2.75) is 52.4 Å². The Labute approximate surface area is 175 Å². The zero-order chi connectivity index (χ0) is 20.4. The van der Waals surface area contributed by atoms with E-state index in [2.05, 4.69) is 0 Å². The summed E-state index contributed by atoms with van der Waals surface area (Å²) in [5.74, 6) is -0.0679. The second-order valence-electron chi connectivity index (χ2n) is 8.26. The maximum absolute atomic E-state index is 13.1. The van der Waals surface area contributed by atoms with Gasteiger partial charge in [-0.1, -0.05) is 29.3 Å². The van der Waals surface area contributed by atoms with E-state index in [1.54, 1.807) is 12.1 Å². The molecular formula is C22H22Cl2N2O2. The number of benzene rings is 2.